The minimum atomic E-state index is -0.945. The van der Waals surface area contributed by atoms with Gasteiger partial charge in [-0.2, -0.15) is 0 Å². The van der Waals surface area contributed by atoms with Gasteiger partial charge in [-0.3, -0.25) is 0 Å². The first kappa shape index (κ1) is 13.1. The Morgan fingerprint density at radius 3 is 2.76 bits per heavy atom. The molecular formula is C11H15N3O3. The maximum atomic E-state index is 10.6. The molecule has 0 aliphatic heterocycles. The van der Waals surface area contributed by atoms with Gasteiger partial charge in [0.1, 0.15) is 6.34 Å². The molecule has 92 valence electrons. The lowest BCUT2D eigenvalue weighted by atomic mass is 10.2. The van der Waals surface area contributed by atoms with Crippen LogP contribution in [0.25, 0.3) is 0 Å². The molecule has 0 radical (unpaired) electrons. The molecule has 1 rings (SSSR count). The molecule has 0 heterocycles. The molecule has 0 aliphatic rings. The standard InChI is InChI=1S/C11H15N3O3/c1-17-7-6-13-14-8-12-10-4-2-9(3-5-10)11(15)16/h2-5,8,13H,6-7H2,1H3,(H,12,14)(H,15,16). The van der Waals surface area contributed by atoms with Crippen LogP contribution in [0.5, 0.6) is 0 Å². The molecule has 0 aromatic heterocycles. The molecule has 1 aromatic rings. The predicted octanol–water partition coefficient (Wildman–Crippen LogP) is 0.785. The SMILES string of the molecule is COCCNNC=Nc1ccc(C(=O)O)cc1. The van der Waals surface area contributed by atoms with Crippen molar-refractivity contribution in [1.82, 2.24) is 10.9 Å². The first-order valence-electron chi connectivity index (χ1n) is 5.07. The Balaban J connectivity index is 2.36. The zero-order valence-electron chi connectivity index (χ0n) is 9.51. The highest BCUT2D eigenvalue weighted by molar-refractivity contribution is 5.87. The van der Waals surface area contributed by atoms with E-state index in [1.165, 1.54) is 18.5 Å². The fourth-order valence-electron chi connectivity index (χ4n) is 1.07. The van der Waals surface area contributed by atoms with Crippen LogP contribution in [0, 0.1) is 0 Å². The lowest BCUT2D eigenvalue weighted by molar-refractivity contribution is 0.0697. The third kappa shape index (κ3) is 5.10. The van der Waals surface area contributed by atoms with Crippen molar-refractivity contribution in [1.29, 1.82) is 0 Å². The smallest absolute Gasteiger partial charge is 0.335 e. The minimum absolute atomic E-state index is 0.245. The van der Waals surface area contributed by atoms with E-state index >= 15 is 0 Å². The maximum Gasteiger partial charge on any atom is 0.335 e. The van der Waals surface area contributed by atoms with Gasteiger partial charge in [-0.15, -0.1) is 0 Å². The van der Waals surface area contributed by atoms with Gasteiger partial charge < -0.3 is 15.3 Å². The molecule has 0 spiro atoms. The van der Waals surface area contributed by atoms with E-state index in [9.17, 15) is 4.79 Å². The molecule has 0 bridgehead atoms. The van der Waals surface area contributed by atoms with E-state index in [-0.39, 0.29) is 5.56 Å². The normalized spacial score (nSPS) is 10.6. The Kier molecular flexibility index (Phi) is 5.70. The summed E-state index contributed by atoms with van der Waals surface area (Å²) in [6.45, 7) is 1.27. The third-order valence-corrected chi connectivity index (χ3v) is 1.93. The average Bonchev–Trinajstić information content (AvgIpc) is 2.34. The highest BCUT2D eigenvalue weighted by Crippen LogP contribution is 2.11. The molecule has 0 atom stereocenters. The fourth-order valence-corrected chi connectivity index (χ4v) is 1.07. The van der Waals surface area contributed by atoms with Crippen LogP contribution < -0.4 is 10.9 Å². The second-order valence-corrected chi connectivity index (χ2v) is 3.17. The van der Waals surface area contributed by atoms with Crippen molar-refractivity contribution < 1.29 is 14.6 Å². The molecule has 3 N–H and O–H groups in total. The number of nitrogens with one attached hydrogen (secondary N) is 2. The van der Waals surface area contributed by atoms with Crippen molar-refractivity contribution in [3.63, 3.8) is 0 Å². The van der Waals surface area contributed by atoms with Crippen LogP contribution in [0.2, 0.25) is 0 Å². The van der Waals surface area contributed by atoms with Crippen LogP contribution in [0.15, 0.2) is 29.3 Å². The topological polar surface area (TPSA) is 83.0 Å². The Morgan fingerprint density at radius 1 is 1.47 bits per heavy atom. The van der Waals surface area contributed by atoms with Crippen molar-refractivity contribution in [3.8, 4) is 0 Å². The number of aliphatic imine (C=N–C) groups is 1. The number of benzene rings is 1. The maximum absolute atomic E-state index is 10.6. The summed E-state index contributed by atoms with van der Waals surface area (Å²) in [6, 6.07) is 6.29. The number of nitrogens with zero attached hydrogens (tertiary/aromatic N) is 1. The molecule has 6 heteroatoms. The number of ether oxygens (including phenoxy) is 1. The quantitative estimate of drug-likeness (QED) is 0.282. The van der Waals surface area contributed by atoms with Gasteiger partial charge in [0.15, 0.2) is 0 Å². The molecule has 0 amide bonds. The Bertz CT molecular complexity index is 376. The van der Waals surface area contributed by atoms with E-state index in [1.807, 2.05) is 0 Å². The van der Waals surface area contributed by atoms with Crippen molar-refractivity contribution in [2.24, 2.45) is 4.99 Å². The molecule has 0 saturated carbocycles. The second kappa shape index (κ2) is 7.37. The molecule has 6 nitrogen and oxygen atoms in total. The number of carbonyl (C=O) groups is 1. The number of methoxy groups -OCH3 is 1. The van der Waals surface area contributed by atoms with Gasteiger partial charge in [0, 0.05) is 13.7 Å². The molecule has 0 aliphatic carbocycles. The van der Waals surface area contributed by atoms with Crippen LogP contribution in [-0.4, -0.2) is 37.7 Å². The largest absolute Gasteiger partial charge is 0.478 e. The Labute approximate surface area is 99.3 Å². The summed E-state index contributed by atoms with van der Waals surface area (Å²) < 4.78 is 4.84. The first-order chi connectivity index (χ1) is 8.24. The van der Waals surface area contributed by atoms with Gasteiger partial charge in [0.2, 0.25) is 0 Å². The fraction of sp³-hybridized carbons (Fsp3) is 0.273. The molecular weight excluding hydrogens is 222 g/mol. The summed E-state index contributed by atoms with van der Waals surface area (Å²) in [6.07, 6.45) is 1.49. The van der Waals surface area contributed by atoms with E-state index in [0.717, 1.165) is 0 Å². The monoisotopic (exact) mass is 237 g/mol. The van der Waals surface area contributed by atoms with E-state index in [0.29, 0.717) is 18.8 Å². The number of aromatic carboxylic acids is 1. The van der Waals surface area contributed by atoms with E-state index in [1.54, 1.807) is 19.2 Å². The van der Waals surface area contributed by atoms with Crippen molar-refractivity contribution in [2.45, 2.75) is 0 Å². The van der Waals surface area contributed by atoms with Gasteiger partial charge in [0.25, 0.3) is 0 Å². The van der Waals surface area contributed by atoms with Gasteiger partial charge in [-0.05, 0) is 24.3 Å². The van der Waals surface area contributed by atoms with E-state index < -0.39 is 5.97 Å². The van der Waals surface area contributed by atoms with Crippen LogP contribution in [0.3, 0.4) is 0 Å². The van der Waals surface area contributed by atoms with E-state index in [2.05, 4.69) is 15.8 Å². The van der Waals surface area contributed by atoms with Gasteiger partial charge >= 0.3 is 5.97 Å². The molecule has 1 aromatic carbocycles. The summed E-state index contributed by atoms with van der Waals surface area (Å²) in [5.41, 5.74) is 6.56. The minimum Gasteiger partial charge on any atom is -0.478 e. The van der Waals surface area contributed by atoms with Crippen molar-refractivity contribution >= 4 is 18.0 Å². The number of carboxylic acid groups (broad SMARTS) is 1. The summed E-state index contributed by atoms with van der Waals surface area (Å²) in [5, 5.41) is 8.70. The van der Waals surface area contributed by atoms with Crippen LogP contribution >= 0.6 is 0 Å². The molecule has 17 heavy (non-hydrogen) atoms. The number of hydrazine groups is 1. The zero-order valence-corrected chi connectivity index (χ0v) is 9.51. The van der Waals surface area contributed by atoms with Crippen LogP contribution in [0.4, 0.5) is 5.69 Å². The highest BCUT2D eigenvalue weighted by Gasteiger charge is 1.99. The first-order valence-corrected chi connectivity index (χ1v) is 5.07. The number of carboxylic acids is 1. The van der Waals surface area contributed by atoms with Crippen LogP contribution in [0.1, 0.15) is 10.4 Å². The predicted molar refractivity (Wildman–Crippen MR) is 64.6 cm³/mol. The summed E-state index contributed by atoms with van der Waals surface area (Å²) in [7, 11) is 1.62. The van der Waals surface area contributed by atoms with Gasteiger partial charge in [-0.1, -0.05) is 0 Å². The number of hydrogen-bond acceptors (Lipinski definition) is 4. The highest BCUT2D eigenvalue weighted by atomic mass is 16.5. The summed E-state index contributed by atoms with van der Waals surface area (Å²) in [5.74, 6) is -0.945. The van der Waals surface area contributed by atoms with Gasteiger partial charge in [0.05, 0.1) is 17.9 Å². The summed E-state index contributed by atoms with van der Waals surface area (Å²) in [4.78, 5) is 14.7. The lowest BCUT2D eigenvalue weighted by Gasteiger charge is -2.01. The second-order valence-electron chi connectivity index (χ2n) is 3.17. The van der Waals surface area contributed by atoms with Crippen molar-refractivity contribution in [3.05, 3.63) is 29.8 Å². The van der Waals surface area contributed by atoms with Crippen LogP contribution in [-0.2, 0) is 4.74 Å². The van der Waals surface area contributed by atoms with Gasteiger partial charge in [-0.25, -0.2) is 15.2 Å². The molecule has 0 fully saturated rings. The van der Waals surface area contributed by atoms with E-state index in [4.69, 9.17) is 9.84 Å². The third-order valence-electron chi connectivity index (χ3n) is 1.93. The zero-order chi connectivity index (χ0) is 12.5. The Morgan fingerprint density at radius 2 is 2.18 bits per heavy atom. The Hall–Kier alpha value is -1.92. The lowest BCUT2D eigenvalue weighted by Crippen LogP contribution is -2.33. The molecule has 0 saturated heterocycles. The molecule has 0 unspecified atom stereocenters. The van der Waals surface area contributed by atoms with Crippen molar-refractivity contribution in [2.75, 3.05) is 20.3 Å². The average molecular weight is 237 g/mol. The summed E-state index contributed by atoms with van der Waals surface area (Å²) >= 11 is 0. The number of rotatable bonds is 7. The number of hydrogen-bond donors (Lipinski definition) is 3.